The zero-order valence-corrected chi connectivity index (χ0v) is 12.2. The zero-order chi connectivity index (χ0) is 12.8. The molecule has 0 radical (unpaired) electrons. The normalized spacial score (nSPS) is 10.3. The third-order valence-electron chi connectivity index (χ3n) is 3.09. The van der Waals surface area contributed by atoms with E-state index in [2.05, 4.69) is 73.3 Å². The van der Waals surface area contributed by atoms with E-state index in [1.165, 1.54) is 16.7 Å². The van der Waals surface area contributed by atoms with Gasteiger partial charge in [-0.05, 0) is 12.1 Å². The maximum Gasteiger partial charge on any atom is 1.00 e. The van der Waals surface area contributed by atoms with E-state index in [9.17, 15) is 0 Å². The van der Waals surface area contributed by atoms with Gasteiger partial charge in [-0.25, -0.2) is 0 Å². The Morgan fingerprint density at radius 1 is 0.947 bits per heavy atom. The molecule has 1 nitrogen and oxygen atoms in total. The molecule has 0 aliphatic heterocycles. The molecule has 0 bridgehead atoms. The number of benzene rings is 2. The maximum atomic E-state index is 3.42. The van der Waals surface area contributed by atoms with E-state index in [4.69, 9.17) is 0 Å². The average Bonchev–Trinajstić information content (AvgIpc) is 2.39. The first-order valence-electron chi connectivity index (χ1n) is 6.52. The summed E-state index contributed by atoms with van der Waals surface area (Å²) < 4.78 is 0. The summed E-state index contributed by atoms with van der Waals surface area (Å²) in [5.74, 6) is 0. The topological polar surface area (TPSA) is 3.24 Å². The van der Waals surface area contributed by atoms with E-state index >= 15 is 0 Å². The molecule has 0 N–H and O–H groups in total. The summed E-state index contributed by atoms with van der Waals surface area (Å²) in [6.45, 7) is 7.32. The Balaban J connectivity index is 0.00000180. The van der Waals surface area contributed by atoms with Crippen molar-refractivity contribution in [2.45, 2.75) is 26.9 Å². The molecular weight excluding hydrogens is 225 g/mol. The minimum Gasteiger partial charge on any atom is -0.297 e. The minimum absolute atomic E-state index is 0. The fourth-order valence-electron chi connectivity index (χ4n) is 2.10. The van der Waals surface area contributed by atoms with Gasteiger partial charge < -0.3 is 0 Å². The molecule has 0 atom stereocenters. The van der Waals surface area contributed by atoms with Crippen LogP contribution < -0.4 is 18.9 Å². The van der Waals surface area contributed by atoms with Crippen LogP contribution in [0.1, 0.15) is 23.6 Å². The molecule has 0 fully saturated rings. The predicted octanol–water partition coefficient (Wildman–Crippen LogP) is 0.821. The summed E-state index contributed by atoms with van der Waals surface area (Å²) in [5.41, 5.74) is 3.85. The van der Waals surface area contributed by atoms with Crippen LogP contribution in [0.5, 0.6) is 0 Å². The molecule has 0 aliphatic carbocycles. The molecule has 0 amide bonds. The van der Waals surface area contributed by atoms with E-state index in [0.29, 0.717) is 0 Å². The second-order valence-corrected chi connectivity index (χ2v) is 4.65. The molecular formula is C17H20LiN. The van der Waals surface area contributed by atoms with Crippen molar-refractivity contribution in [3.63, 3.8) is 0 Å². The van der Waals surface area contributed by atoms with Crippen LogP contribution in [0.25, 0.3) is 0 Å². The predicted molar refractivity (Wildman–Crippen MR) is 76.2 cm³/mol. The number of rotatable bonds is 5. The maximum absolute atomic E-state index is 3.42. The van der Waals surface area contributed by atoms with Crippen LogP contribution >= 0.6 is 0 Å². The first-order valence-corrected chi connectivity index (χ1v) is 6.52. The van der Waals surface area contributed by atoms with E-state index in [1.807, 2.05) is 0 Å². The Morgan fingerprint density at radius 2 is 1.68 bits per heavy atom. The van der Waals surface area contributed by atoms with Crippen LogP contribution in [0.15, 0.2) is 48.5 Å². The van der Waals surface area contributed by atoms with Crippen molar-refractivity contribution in [3.05, 3.63) is 71.3 Å². The van der Waals surface area contributed by atoms with Gasteiger partial charge >= 0.3 is 18.9 Å². The fraction of sp³-hybridized carbons (Fsp3) is 0.294. The van der Waals surface area contributed by atoms with Crippen molar-refractivity contribution in [1.29, 1.82) is 0 Å². The smallest absolute Gasteiger partial charge is 0.297 e. The third-order valence-corrected chi connectivity index (χ3v) is 3.09. The van der Waals surface area contributed by atoms with E-state index in [-0.39, 0.29) is 18.9 Å². The Bertz CT molecular complexity index is 482. The first-order chi connectivity index (χ1) is 8.78. The first kappa shape index (κ1) is 16.1. The van der Waals surface area contributed by atoms with Crippen molar-refractivity contribution in [2.75, 3.05) is 6.54 Å². The van der Waals surface area contributed by atoms with Gasteiger partial charge in [0.05, 0.1) is 0 Å². The van der Waals surface area contributed by atoms with Gasteiger partial charge in [0.25, 0.3) is 0 Å². The molecule has 0 spiro atoms. The van der Waals surface area contributed by atoms with Gasteiger partial charge in [-0.3, -0.25) is 4.90 Å². The van der Waals surface area contributed by atoms with Gasteiger partial charge in [0.2, 0.25) is 0 Å². The molecule has 0 aromatic heterocycles. The quantitative estimate of drug-likeness (QED) is 0.557. The largest absolute Gasteiger partial charge is 1.00 e. The van der Waals surface area contributed by atoms with Gasteiger partial charge in [0.15, 0.2) is 0 Å². The van der Waals surface area contributed by atoms with Gasteiger partial charge in [-0.1, -0.05) is 44.2 Å². The molecule has 2 aromatic carbocycles. The Morgan fingerprint density at radius 3 is 2.32 bits per heavy atom. The zero-order valence-electron chi connectivity index (χ0n) is 12.2. The number of hydrogen-bond acceptors (Lipinski definition) is 1. The van der Waals surface area contributed by atoms with E-state index in [0.717, 1.165) is 19.6 Å². The number of aryl methyl sites for hydroxylation is 1. The van der Waals surface area contributed by atoms with Gasteiger partial charge in [-0.15, -0.1) is 5.56 Å². The van der Waals surface area contributed by atoms with Gasteiger partial charge in [0, 0.05) is 13.1 Å². The van der Waals surface area contributed by atoms with Crippen molar-refractivity contribution < 1.29 is 18.9 Å². The standard InChI is InChI=1S/C17H20N.Li/c1-3-18(13-16-9-5-4-6-10-16)14-17-11-7-8-15(2)12-17;/h4-11H,3,13-14H2,1-2H3;/q-1;+1. The molecule has 0 saturated heterocycles. The van der Waals surface area contributed by atoms with Crippen molar-refractivity contribution in [2.24, 2.45) is 0 Å². The molecule has 94 valence electrons. The van der Waals surface area contributed by atoms with Gasteiger partial charge in [0.1, 0.15) is 0 Å². The van der Waals surface area contributed by atoms with Crippen LogP contribution in [-0.4, -0.2) is 11.4 Å². The monoisotopic (exact) mass is 245 g/mol. The Kier molecular flexibility index (Phi) is 6.95. The summed E-state index contributed by atoms with van der Waals surface area (Å²) >= 11 is 0. The molecule has 0 heterocycles. The molecule has 0 saturated carbocycles. The second-order valence-electron chi connectivity index (χ2n) is 4.65. The van der Waals surface area contributed by atoms with E-state index < -0.39 is 0 Å². The molecule has 19 heavy (non-hydrogen) atoms. The molecule has 2 aromatic rings. The van der Waals surface area contributed by atoms with Crippen LogP contribution in [0.4, 0.5) is 0 Å². The van der Waals surface area contributed by atoms with Crippen molar-refractivity contribution >= 4 is 0 Å². The SMILES string of the molecule is CCN(Cc1[c-]c(C)ccc1)Cc1ccccc1.[Li+]. The summed E-state index contributed by atoms with van der Waals surface area (Å²) in [7, 11) is 0. The summed E-state index contributed by atoms with van der Waals surface area (Å²) in [6, 6.07) is 20.4. The summed E-state index contributed by atoms with van der Waals surface area (Å²) in [6.07, 6.45) is 0. The Hall–Kier alpha value is -1.00. The third kappa shape index (κ3) is 5.25. The molecule has 2 heteroatoms. The molecule has 0 aliphatic rings. The van der Waals surface area contributed by atoms with Crippen molar-refractivity contribution in [3.8, 4) is 0 Å². The number of nitrogens with zero attached hydrogens (tertiary/aromatic N) is 1. The van der Waals surface area contributed by atoms with Crippen LogP contribution in [0, 0.1) is 13.0 Å². The Labute approximate surface area is 128 Å². The minimum atomic E-state index is 0. The summed E-state index contributed by atoms with van der Waals surface area (Å²) in [4.78, 5) is 2.43. The van der Waals surface area contributed by atoms with E-state index in [1.54, 1.807) is 0 Å². The molecule has 0 unspecified atom stereocenters. The number of hydrogen-bond donors (Lipinski definition) is 0. The second kappa shape index (κ2) is 8.22. The van der Waals surface area contributed by atoms with Crippen LogP contribution in [0.2, 0.25) is 0 Å². The van der Waals surface area contributed by atoms with Crippen molar-refractivity contribution in [1.82, 2.24) is 4.90 Å². The van der Waals surface area contributed by atoms with Crippen LogP contribution in [0.3, 0.4) is 0 Å². The van der Waals surface area contributed by atoms with Crippen LogP contribution in [-0.2, 0) is 13.1 Å². The summed E-state index contributed by atoms with van der Waals surface area (Å²) in [5, 5.41) is 0. The van der Waals surface area contributed by atoms with Gasteiger partial charge in [-0.2, -0.15) is 29.8 Å². The average molecular weight is 245 g/mol. The fourth-order valence-corrected chi connectivity index (χ4v) is 2.10. The molecule has 2 rings (SSSR count).